The van der Waals surface area contributed by atoms with E-state index in [1.54, 1.807) is 17.1 Å². The highest BCUT2D eigenvalue weighted by atomic mass is 16.2. The molecule has 1 aliphatic heterocycles. The van der Waals surface area contributed by atoms with Crippen molar-refractivity contribution in [2.45, 2.75) is 26.3 Å². The van der Waals surface area contributed by atoms with E-state index in [1.165, 1.54) is 12.8 Å². The monoisotopic (exact) mass is 236 g/mol. The van der Waals surface area contributed by atoms with Gasteiger partial charge in [0.25, 0.3) is 0 Å². The van der Waals surface area contributed by atoms with E-state index in [1.807, 2.05) is 6.07 Å². The van der Waals surface area contributed by atoms with Crippen LogP contribution in [0, 0.1) is 5.41 Å². The minimum Gasteiger partial charge on any atom is -0.354 e. The second kappa shape index (κ2) is 5.31. The molecule has 1 atom stereocenters. The molecule has 0 spiro atoms. The molecule has 1 saturated heterocycles. The number of nitrogens with zero attached hydrogens (tertiary/aromatic N) is 2. The number of hydrogen-bond acceptors (Lipinski definition) is 3. The Bertz CT molecular complexity index is 355. The summed E-state index contributed by atoms with van der Waals surface area (Å²) in [5.41, 5.74) is 0.192. The Morgan fingerprint density at radius 1 is 1.65 bits per heavy atom. The Hall–Kier alpha value is -1.36. The summed E-state index contributed by atoms with van der Waals surface area (Å²) < 4.78 is 1.64. The Kier molecular flexibility index (Phi) is 3.78. The van der Waals surface area contributed by atoms with Gasteiger partial charge in [0.15, 0.2) is 0 Å². The molecule has 2 N–H and O–H groups in total. The fourth-order valence-electron chi connectivity index (χ4n) is 2.18. The van der Waals surface area contributed by atoms with Crippen molar-refractivity contribution in [2.75, 3.05) is 19.6 Å². The van der Waals surface area contributed by atoms with Gasteiger partial charge in [-0.25, -0.2) is 0 Å². The molecule has 0 aromatic carbocycles. The summed E-state index contributed by atoms with van der Waals surface area (Å²) in [6.45, 7) is 5.33. The van der Waals surface area contributed by atoms with Crippen molar-refractivity contribution in [1.82, 2.24) is 20.4 Å². The van der Waals surface area contributed by atoms with Gasteiger partial charge in [-0.2, -0.15) is 5.10 Å². The van der Waals surface area contributed by atoms with Gasteiger partial charge in [0.05, 0.1) is 0 Å². The van der Waals surface area contributed by atoms with E-state index in [0.29, 0.717) is 6.54 Å². The number of carbonyl (C=O) groups is 1. The van der Waals surface area contributed by atoms with Crippen molar-refractivity contribution < 1.29 is 4.79 Å². The van der Waals surface area contributed by atoms with Crippen LogP contribution in [0.3, 0.4) is 0 Å². The first-order valence-electron chi connectivity index (χ1n) is 6.13. The Morgan fingerprint density at radius 2 is 2.53 bits per heavy atom. The largest absolute Gasteiger partial charge is 0.354 e. The van der Waals surface area contributed by atoms with Gasteiger partial charge in [-0.05, 0) is 30.9 Å². The number of hydrogen-bond donors (Lipinski definition) is 2. The SMILES string of the molecule is CC1(CNC(=O)Cn2cccn2)CCCNC1. The number of rotatable bonds is 4. The lowest BCUT2D eigenvalue weighted by atomic mass is 9.83. The molecular weight excluding hydrogens is 216 g/mol. The molecule has 1 aromatic heterocycles. The molecule has 1 amide bonds. The van der Waals surface area contributed by atoms with Gasteiger partial charge in [-0.3, -0.25) is 9.48 Å². The average molecular weight is 236 g/mol. The Morgan fingerprint density at radius 3 is 3.18 bits per heavy atom. The lowest BCUT2D eigenvalue weighted by Crippen LogP contribution is -2.46. The van der Waals surface area contributed by atoms with Crippen LogP contribution >= 0.6 is 0 Å². The van der Waals surface area contributed by atoms with Crippen molar-refractivity contribution >= 4 is 5.91 Å². The molecule has 1 aliphatic rings. The second-order valence-electron chi connectivity index (χ2n) is 5.07. The average Bonchev–Trinajstić information content (AvgIpc) is 2.80. The van der Waals surface area contributed by atoms with E-state index < -0.39 is 0 Å². The standard InChI is InChI=1S/C12H20N4O/c1-12(4-2-5-13-9-12)10-14-11(17)8-16-7-3-6-15-16/h3,6-7,13H,2,4-5,8-10H2,1H3,(H,14,17). The molecule has 5 heteroatoms. The summed E-state index contributed by atoms with van der Waals surface area (Å²) in [4.78, 5) is 11.7. The van der Waals surface area contributed by atoms with Crippen LogP contribution in [0.15, 0.2) is 18.5 Å². The first-order chi connectivity index (χ1) is 8.18. The van der Waals surface area contributed by atoms with Gasteiger partial charge in [0.2, 0.25) is 5.91 Å². The van der Waals surface area contributed by atoms with Crippen molar-refractivity contribution in [1.29, 1.82) is 0 Å². The van der Waals surface area contributed by atoms with E-state index >= 15 is 0 Å². The molecule has 1 fully saturated rings. The summed E-state index contributed by atoms with van der Waals surface area (Å²) >= 11 is 0. The summed E-state index contributed by atoms with van der Waals surface area (Å²) in [6.07, 6.45) is 5.83. The molecular formula is C12H20N4O. The second-order valence-corrected chi connectivity index (χ2v) is 5.07. The first kappa shape index (κ1) is 12.1. The zero-order valence-electron chi connectivity index (χ0n) is 10.3. The summed E-state index contributed by atoms with van der Waals surface area (Å²) in [7, 11) is 0. The number of nitrogens with one attached hydrogen (secondary N) is 2. The normalized spacial score (nSPS) is 24.5. The van der Waals surface area contributed by atoms with Gasteiger partial charge in [0.1, 0.15) is 6.54 Å². The van der Waals surface area contributed by atoms with Gasteiger partial charge in [-0.1, -0.05) is 6.92 Å². The zero-order valence-corrected chi connectivity index (χ0v) is 10.3. The van der Waals surface area contributed by atoms with Gasteiger partial charge < -0.3 is 10.6 Å². The molecule has 0 aliphatic carbocycles. The molecule has 2 rings (SSSR count). The molecule has 0 saturated carbocycles. The fourth-order valence-corrected chi connectivity index (χ4v) is 2.18. The Labute approximate surface area is 102 Å². The third-order valence-corrected chi connectivity index (χ3v) is 3.26. The van der Waals surface area contributed by atoms with Crippen LogP contribution in [0.5, 0.6) is 0 Å². The molecule has 5 nitrogen and oxygen atoms in total. The fraction of sp³-hybridized carbons (Fsp3) is 0.667. The van der Waals surface area contributed by atoms with Crippen molar-refractivity contribution in [3.05, 3.63) is 18.5 Å². The first-order valence-corrected chi connectivity index (χ1v) is 6.13. The lowest BCUT2D eigenvalue weighted by Gasteiger charge is -2.34. The number of carbonyl (C=O) groups excluding carboxylic acids is 1. The highest BCUT2D eigenvalue weighted by Gasteiger charge is 2.26. The maximum Gasteiger partial charge on any atom is 0.241 e. The zero-order chi connectivity index (χ0) is 12.1. The van der Waals surface area contributed by atoms with Gasteiger partial charge in [-0.15, -0.1) is 0 Å². The molecule has 2 heterocycles. The topological polar surface area (TPSA) is 59.0 Å². The highest BCUT2D eigenvalue weighted by molar-refractivity contribution is 5.75. The van der Waals surface area contributed by atoms with Crippen LogP contribution in [-0.2, 0) is 11.3 Å². The highest BCUT2D eigenvalue weighted by Crippen LogP contribution is 2.23. The molecule has 17 heavy (non-hydrogen) atoms. The molecule has 0 radical (unpaired) electrons. The molecule has 94 valence electrons. The smallest absolute Gasteiger partial charge is 0.241 e. The Balaban J connectivity index is 1.75. The van der Waals surface area contributed by atoms with Crippen LogP contribution in [0.25, 0.3) is 0 Å². The van der Waals surface area contributed by atoms with Crippen LogP contribution in [0.2, 0.25) is 0 Å². The lowest BCUT2D eigenvalue weighted by molar-refractivity contribution is -0.122. The van der Waals surface area contributed by atoms with Crippen molar-refractivity contribution in [2.24, 2.45) is 5.41 Å². The van der Waals surface area contributed by atoms with E-state index in [4.69, 9.17) is 0 Å². The third-order valence-electron chi connectivity index (χ3n) is 3.26. The van der Waals surface area contributed by atoms with Crippen molar-refractivity contribution in [3.63, 3.8) is 0 Å². The van der Waals surface area contributed by atoms with Gasteiger partial charge in [0, 0.05) is 25.5 Å². The predicted molar refractivity (Wildman–Crippen MR) is 65.4 cm³/mol. The quantitative estimate of drug-likeness (QED) is 0.795. The van der Waals surface area contributed by atoms with E-state index in [0.717, 1.165) is 19.6 Å². The summed E-state index contributed by atoms with van der Waals surface area (Å²) in [5.74, 6) is 0.0282. The van der Waals surface area contributed by atoms with Crippen LogP contribution < -0.4 is 10.6 Å². The van der Waals surface area contributed by atoms with Gasteiger partial charge >= 0.3 is 0 Å². The van der Waals surface area contributed by atoms with E-state index in [-0.39, 0.29) is 11.3 Å². The maximum atomic E-state index is 11.7. The summed E-state index contributed by atoms with van der Waals surface area (Å²) in [5, 5.41) is 10.4. The predicted octanol–water partition coefficient (Wildman–Crippen LogP) is 0.389. The number of aromatic nitrogens is 2. The van der Waals surface area contributed by atoms with Crippen LogP contribution in [-0.4, -0.2) is 35.3 Å². The minimum atomic E-state index is 0.0282. The van der Waals surface area contributed by atoms with Crippen LogP contribution in [0.1, 0.15) is 19.8 Å². The number of piperidine rings is 1. The molecule has 1 aromatic rings. The minimum absolute atomic E-state index is 0.0282. The van der Waals surface area contributed by atoms with E-state index in [2.05, 4.69) is 22.7 Å². The number of amides is 1. The van der Waals surface area contributed by atoms with Crippen molar-refractivity contribution in [3.8, 4) is 0 Å². The maximum absolute atomic E-state index is 11.7. The molecule has 0 bridgehead atoms. The van der Waals surface area contributed by atoms with Crippen LogP contribution in [0.4, 0.5) is 0 Å². The third kappa shape index (κ3) is 3.56. The van der Waals surface area contributed by atoms with E-state index in [9.17, 15) is 4.79 Å². The molecule has 1 unspecified atom stereocenters. The summed E-state index contributed by atoms with van der Waals surface area (Å²) in [6, 6.07) is 1.82.